The highest BCUT2D eigenvalue weighted by atomic mass is 35.5. The van der Waals surface area contributed by atoms with Gasteiger partial charge in [-0.15, -0.1) is 0 Å². The van der Waals surface area contributed by atoms with Crippen molar-refractivity contribution in [3.8, 4) is 0 Å². The third-order valence-electron chi connectivity index (χ3n) is 7.21. The molecule has 0 bridgehead atoms. The number of carbonyl (C=O) groups excluding carboxylic acids is 1. The molecule has 0 unspecified atom stereocenters. The van der Waals surface area contributed by atoms with Crippen LogP contribution in [0.25, 0.3) is 22.2 Å². The Morgan fingerprint density at radius 3 is 1.67 bits per heavy atom. The number of aliphatic hydroxyl groups excluding tert-OH is 1. The second-order valence-electron chi connectivity index (χ2n) is 10.9. The van der Waals surface area contributed by atoms with Crippen LogP contribution in [0.5, 0.6) is 0 Å². The summed E-state index contributed by atoms with van der Waals surface area (Å²) < 4.78 is 22.0. The van der Waals surface area contributed by atoms with E-state index in [1.807, 2.05) is 32.6 Å². The summed E-state index contributed by atoms with van der Waals surface area (Å²) in [4.78, 5) is 24.4. The first-order valence-electron chi connectivity index (χ1n) is 13.8. The van der Waals surface area contributed by atoms with E-state index in [-0.39, 0.29) is 31.0 Å². The minimum absolute atomic E-state index is 0.0523. The number of anilines is 2. The number of nitrogens with zero attached hydrogens (tertiary/aromatic N) is 6. The van der Waals surface area contributed by atoms with E-state index in [2.05, 4.69) is 25.2 Å². The van der Waals surface area contributed by atoms with Crippen molar-refractivity contribution < 1.29 is 28.4 Å². The van der Waals surface area contributed by atoms with Gasteiger partial charge in [-0.3, -0.25) is 4.79 Å². The Labute approximate surface area is 252 Å². The molecule has 0 amide bonds. The summed E-state index contributed by atoms with van der Waals surface area (Å²) in [5.41, 5.74) is 5.45. The van der Waals surface area contributed by atoms with E-state index >= 15 is 0 Å². The molecule has 0 saturated carbocycles. The molecule has 6 heterocycles. The van der Waals surface area contributed by atoms with Crippen LogP contribution in [0.2, 0.25) is 10.0 Å². The lowest BCUT2D eigenvalue weighted by molar-refractivity contribution is -0.00556. The molecule has 0 spiro atoms. The lowest BCUT2D eigenvalue weighted by atomic mass is 10.1. The fourth-order valence-corrected chi connectivity index (χ4v) is 6.33. The third kappa shape index (κ3) is 5.78. The van der Waals surface area contributed by atoms with Gasteiger partial charge in [0.1, 0.15) is 38.2 Å². The number of morpholine rings is 2. The van der Waals surface area contributed by atoms with Gasteiger partial charge in [-0.05, 0) is 41.5 Å². The van der Waals surface area contributed by atoms with Crippen LogP contribution in [0.4, 0.5) is 11.4 Å². The SMILES string of the molecule is Cc1noc2c(Cl)c(N3C[C@@H](C)O[C@@H](C)C3)c(C=O)nc12.Cc1noc2c(Cl)c(N3C[C@@H](C)O[C@@H](C)C3)c(CO)nc12. The van der Waals surface area contributed by atoms with Crippen LogP contribution in [0, 0.1) is 13.8 Å². The fraction of sp³-hybridized carbons (Fsp3) is 0.536. The number of pyridine rings is 2. The summed E-state index contributed by atoms with van der Waals surface area (Å²) in [6.07, 6.45) is 0.998. The van der Waals surface area contributed by atoms with Crippen molar-refractivity contribution in [1.29, 1.82) is 0 Å². The van der Waals surface area contributed by atoms with Crippen molar-refractivity contribution in [2.24, 2.45) is 0 Å². The van der Waals surface area contributed by atoms with Crippen molar-refractivity contribution in [1.82, 2.24) is 20.3 Å². The minimum atomic E-state index is -0.185. The minimum Gasteiger partial charge on any atom is -0.390 e. The van der Waals surface area contributed by atoms with Crippen LogP contribution >= 0.6 is 23.2 Å². The number of hydrogen-bond acceptors (Lipinski definition) is 12. The molecule has 2 aliphatic rings. The summed E-state index contributed by atoms with van der Waals surface area (Å²) in [6.45, 7) is 14.1. The molecule has 4 aromatic rings. The third-order valence-corrected chi connectivity index (χ3v) is 7.91. The number of rotatable bonds is 4. The number of carbonyl (C=O) groups is 1. The summed E-state index contributed by atoms with van der Waals surface area (Å²) >= 11 is 13.0. The average Bonchev–Trinajstić information content (AvgIpc) is 3.50. The molecule has 1 N–H and O–H groups in total. The molecule has 226 valence electrons. The monoisotopic (exact) mass is 620 g/mol. The largest absolute Gasteiger partial charge is 0.390 e. The zero-order valence-corrected chi connectivity index (χ0v) is 25.9. The van der Waals surface area contributed by atoms with E-state index in [9.17, 15) is 9.90 Å². The van der Waals surface area contributed by atoms with Crippen LogP contribution in [-0.2, 0) is 16.1 Å². The number of aldehydes is 1. The van der Waals surface area contributed by atoms with Gasteiger partial charge in [0, 0.05) is 26.2 Å². The Morgan fingerprint density at radius 2 is 1.21 bits per heavy atom. The van der Waals surface area contributed by atoms with E-state index < -0.39 is 0 Å². The number of aromatic nitrogens is 4. The molecule has 0 aromatic carbocycles. The van der Waals surface area contributed by atoms with Crippen LogP contribution in [0.15, 0.2) is 9.05 Å². The van der Waals surface area contributed by atoms with Crippen LogP contribution < -0.4 is 9.80 Å². The molecular formula is C28H34Cl2N6O6. The lowest BCUT2D eigenvalue weighted by Crippen LogP contribution is -2.46. The zero-order valence-electron chi connectivity index (χ0n) is 24.3. The standard InChI is InChI=1S/C14H18ClN3O3.C14H16ClN3O3/c2*1-7-4-18(5-8(2)20-7)13-10(6-19)16-12-9(3)17-21-14(12)11(13)15/h7-8,19H,4-6H2,1-3H3;6-8H,4-5H2,1-3H3/t2*7-,8+. The number of fused-ring (bicyclic) bond motifs is 2. The predicted molar refractivity (Wildman–Crippen MR) is 159 cm³/mol. The van der Waals surface area contributed by atoms with Gasteiger partial charge in [-0.1, -0.05) is 33.5 Å². The Hall–Kier alpha value is -3.03. The number of hydrogen-bond donors (Lipinski definition) is 1. The van der Waals surface area contributed by atoms with Crippen LogP contribution in [-0.4, -0.2) is 82.3 Å². The van der Waals surface area contributed by atoms with Gasteiger partial charge in [-0.25, -0.2) is 9.97 Å². The molecule has 12 nitrogen and oxygen atoms in total. The van der Waals surface area contributed by atoms with E-state index in [0.717, 1.165) is 6.29 Å². The highest BCUT2D eigenvalue weighted by Gasteiger charge is 2.30. The first-order valence-corrected chi connectivity index (χ1v) is 14.5. The van der Waals surface area contributed by atoms with Gasteiger partial charge >= 0.3 is 0 Å². The number of ether oxygens (including phenoxy) is 2. The Morgan fingerprint density at radius 1 is 0.786 bits per heavy atom. The first kappa shape index (κ1) is 30.4. The van der Waals surface area contributed by atoms with Gasteiger partial charge in [0.05, 0.1) is 48.1 Å². The van der Waals surface area contributed by atoms with Crippen LogP contribution in [0.1, 0.15) is 55.3 Å². The number of halogens is 2. The molecule has 2 fully saturated rings. The Kier molecular flexibility index (Phi) is 8.91. The van der Waals surface area contributed by atoms with Crippen molar-refractivity contribution in [2.45, 2.75) is 72.6 Å². The van der Waals surface area contributed by atoms with E-state index in [4.69, 9.17) is 41.7 Å². The predicted octanol–water partition coefficient (Wildman–Crippen LogP) is 4.90. The van der Waals surface area contributed by atoms with Gasteiger partial charge in [-0.2, -0.15) is 0 Å². The van der Waals surface area contributed by atoms with Crippen LogP contribution in [0.3, 0.4) is 0 Å². The Balaban J connectivity index is 0.000000168. The van der Waals surface area contributed by atoms with Crippen molar-refractivity contribution in [3.63, 3.8) is 0 Å². The van der Waals surface area contributed by atoms with Gasteiger partial charge in [0.25, 0.3) is 0 Å². The molecular weight excluding hydrogens is 587 g/mol. The number of aryl methyl sites for hydroxylation is 2. The molecule has 42 heavy (non-hydrogen) atoms. The van der Waals surface area contributed by atoms with Crippen molar-refractivity contribution in [2.75, 3.05) is 36.0 Å². The molecule has 4 atom stereocenters. The van der Waals surface area contributed by atoms with E-state index in [0.29, 0.717) is 92.6 Å². The quantitative estimate of drug-likeness (QED) is 0.310. The maximum atomic E-state index is 11.4. The van der Waals surface area contributed by atoms with E-state index in [1.54, 1.807) is 13.8 Å². The zero-order chi connectivity index (χ0) is 30.3. The van der Waals surface area contributed by atoms with Crippen molar-refractivity contribution in [3.05, 3.63) is 32.8 Å². The average molecular weight is 622 g/mol. The van der Waals surface area contributed by atoms with Crippen molar-refractivity contribution >= 4 is 63.1 Å². The summed E-state index contributed by atoms with van der Waals surface area (Å²) in [5, 5.41) is 18.3. The second kappa shape index (κ2) is 12.3. The first-order chi connectivity index (χ1) is 20.0. The van der Waals surface area contributed by atoms with Gasteiger partial charge < -0.3 is 33.4 Å². The summed E-state index contributed by atoms with van der Waals surface area (Å²) in [7, 11) is 0. The Bertz CT molecular complexity index is 1590. The summed E-state index contributed by atoms with van der Waals surface area (Å²) in [5.74, 6) is 0. The molecule has 14 heteroatoms. The molecule has 6 rings (SSSR count). The molecule has 4 aromatic heterocycles. The lowest BCUT2D eigenvalue weighted by Gasteiger charge is -2.37. The molecule has 2 aliphatic heterocycles. The fourth-order valence-electron chi connectivity index (χ4n) is 5.63. The molecule has 2 saturated heterocycles. The molecule has 0 radical (unpaired) electrons. The normalized spacial score (nSPS) is 22.9. The highest BCUT2D eigenvalue weighted by molar-refractivity contribution is 6.38. The summed E-state index contributed by atoms with van der Waals surface area (Å²) in [6, 6.07) is 0. The topological polar surface area (TPSA) is 140 Å². The van der Waals surface area contributed by atoms with E-state index in [1.165, 1.54) is 0 Å². The second-order valence-corrected chi connectivity index (χ2v) is 11.6. The molecule has 0 aliphatic carbocycles. The maximum absolute atomic E-state index is 11.4. The maximum Gasteiger partial charge on any atom is 0.206 e. The van der Waals surface area contributed by atoms with Gasteiger partial charge in [0.2, 0.25) is 11.2 Å². The number of aliphatic hydroxyl groups is 1. The highest BCUT2D eigenvalue weighted by Crippen LogP contribution is 2.38. The smallest absolute Gasteiger partial charge is 0.206 e. The van der Waals surface area contributed by atoms with Gasteiger partial charge in [0.15, 0.2) is 6.29 Å².